The third kappa shape index (κ3) is 7.51. The van der Waals surface area contributed by atoms with Gasteiger partial charge in [-0.15, -0.1) is 0 Å². The van der Waals surface area contributed by atoms with Gasteiger partial charge in [0.15, 0.2) is 0 Å². The first-order chi connectivity index (χ1) is 15.1. The van der Waals surface area contributed by atoms with E-state index in [0.717, 1.165) is 17.0 Å². The lowest BCUT2D eigenvalue weighted by molar-refractivity contribution is -0.116. The Kier molecular flexibility index (Phi) is 8.05. The summed E-state index contributed by atoms with van der Waals surface area (Å²) in [5.41, 5.74) is 3.34. The second-order valence-corrected chi connectivity index (χ2v) is 6.97. The summed E-state index contributed by atoms with van der Waals surface area (Å²) in [4.78, 5) is 24.3. The third-order valence-electron chi connectivity index (χ3n) is 4.55. The highest BCUT2D eigenvalue weighted by Crippen LogP contribution is 2.16. The van der Waals surface area contributed by atoms with Crippen LogP contribution >= 0.6 is 0 Å². The fourth-order valence-corrected chi connectivity index (χ4v) is 2.99. The second kappa shape index (κ2) is 11.4. The summed E-state index contributed by atoms with van der Waals surface area (Å²) < 4.78 is 5.40. The van der Waals surface area contributed by atoms with E-state index in [-0.39, 0.29) is 18.4 Å². The molecule has 0 radical (unpaired) electrons. The topological polar surface area (TPSA) is 79.5 Å². The lowest BCUT2D eigenvalue weighted by atomic mass is 10.1. The molecule has 3 N–H and O–H groups in total. The summed E-state index contributed by atoms with van der Waals surface area (Å²) in [6, 6.07) is 24.4. The Morgan fingerprint density at radius 2 is 1.32 bits per heavy atom. The molecule has 3 aromatic rings. The van der Waals surface area contributed by atoms with E-state index in [4.69, 9.17) is 4.74 Å². The van der Waals surface area contributed by atoms with Gasteiger partial charge in [0.2, 0.25) is 11.8 Å². The molecule has 0 bridgehead atoms. The Labute approximate surface area is 182 Å². The molecule has 0 aliphatic carbocycles. The Morgan fingerprint density at radius 3 is 1.94 bits per heavy atom. The molecule has 3 rings (SSSR count). The molecule has 0 spiro atoms. The predicted molar refractivity (Wildman–Crippen MR) is 125 cm³/mol. The summed E-state index contributed by atoms with van der Waals surface area (Å²) in [6.07, 6.45) is 1.11. The average Bonchev–Trinajstić information content (AvgIpc) is 2.79. The van der Waals surface area contributed by atoms with E-state index < -0.39 is 0 Å². The van der Waals surface area contributed by atoms with E-state index in [2.05, 4.69) is 16.0 Å². The van der Waals surface area contributed by atoms with Gasteiger partial charge >= 0.3 is 0 Å². The van der Waals surface area contributed by atoms with E-state index in [9.17, 15) is 9.59 Å². The molecule has 0 saturated carbocycles. The maximum atomic E-state index is 12.2. The monoisotopic (exact) mass is 417 g/mol. The van der Waals surface area contributed by atoms with Crippen LogP contribution in [-0.2, 0) is 16.0 Å². The van der Waals surface area contributed by atoms with Gasteiger partial charge in [-0.2, -0.15) is 0 Å². The van der Waals surface area contributed by atoms with Crippen molar-refractivity contribution in [2.45, 2.75) is 19.8 Å². The third-order valence-corrected chi connectivity index (χ3v) is 4.55. The van der Waals surface area contributed by atoms with Crippen LogP contribution in [-0.4, -0.2) is 25.0 Å². The Morgan fingerprint density at radius 1 is 0.742 bits per heavy atom. The maximum Gasteiger partial charge on any atom is 0.243 e. The SMILES string of the molecule is CCOc1ccc(NCC(=O)Nc2ccc(NC(=O)CCc3ccccc3)cc2)cc1. The van der Waals surface area contributed by atoms with E-state index in [0.29, 0.717) is 30.8 Å². The normalized spacial score (nSPS) is 10.2. The molecule has 0 aliphatic heterocycles. The molecule has 6 heteroatoms. The quantitative estimate of drug-likeness (QED) is 0.446. The number of nitrogens with one attached hydrogen (secondary N) is 3. The standard InChI is InChI=1S/C25H27N3O3/c1-2-31-23-15-13-20(14-16-23)26-18-25(30)28-22-11-9-21(10-12-22)27-24(29)17-8-19-6-4-3-5-7-19/h3-7,9-16,26H,2,8,17-18H2,1H3,(H,27,29)(H,28,30). The van der Waals surface area contributed by atoms with Crippen molar-refractivity contribution in [1.29, 1.82) is 0 Å². The minimum absolute atomic E-state index is 0.0415. The summed E-state index contributed by atoms with van der Waals surface area (Å²) in [7, 11) is 0. The largest absolute Gasteiger partial charge is 0.494 e. The first kappa shape index (κ1) is 21.9. The van der Waals surface area contributed by atoms with Crippen LogP contribution in [0.15, 0.2) is 78.9 Å². The first-order valence-electron chi connectivity index (χ1n) is 10.3. The van der Waals surface area contributed by atoms with Crippen LogP contribution in [0, 0.1) is 0 Å². The van der Waals surface area contributed by atoms with Crippen molar-refractivity contribution in [3.05, 3.63) is 84.4 Å². The molecule has 0 atom stereocenters. The van der Waals surface area contributed by atoms with Crippen molar-refractivity contribution in [2.75, 3.05) is 29.1 Å². The van der Waals surface area contributed by atoms with Crippen molar-refractivity contribution < 1.29 is 14.3 Å². The van der Waals surface area contributed by atoms with E-state index in [1.807, 2.05) is 61.5 Å². The van der Waals surface area contributed by atoms with Gasteiger partial charge < -0.3 is 20.7 Å². The number of hydrogen-bond acceptors (Lipinski definition) is 4. The van der Waals surface area contributed by atoms with E-state index in [1.54, 1.807) is 24.3 Å². The molecule has 0 aliphatic rings. The highest BCUT2D eigenvalue weighted by atomic mass is 16.5. The molecule has 6 nitrogen and oxygen atoms in total. The van der Waals surface area contributed by atoms with Crippen LogP contribution in [0.25, 0.3) is 0 Å². The zero-order valence-electron chi connectivity index (χ0n) is 17.6. The number of anilines is 3. The average molecular weight is 418 g/mol. The minimum atomic E-state index is -0.159. The van der Waals surface area contributed by atoms with Gasteiger partial charge in [-0.05, 0) is 67.4 Å². The molecule has 160 valence electrons. The first-order valence-corrected chi connectivity index (χ1v) is 10.3. The maximum absolute atomic E-state index is 12.2. The van der Waals surface area contributed by atoms with Gasteiger partial charge in [0, 0.05) is 23.5 Å². The lowest BCUT2D eigenvalue weighted by Gasteiger charge is -2.10. The van der Waals surface area contributed by atoms with Crippen LogP contribution in [0.1, 0.15) is 18.9 Å². The smallest absolute Gasteiger partial charge is 0.243 e. The Bertz CT molecular complexity index is 971. The number of aryl methyl sites for hydroxylation is 1. The van der Waals surface area contributed by atoms with Crippen LogP contribution < -0.4 is 20.7 Å². The number of ether oxygens (including phenoxy) is 1. The van der Waals surface area contributed by atoms with Crippen molar-refractivity contribution in [1.82, 2.24) is 0 Å². The lowest BCUT2D eigenvalue weighted by Crippen LogP contribution is -2.21. The molecule has 3 aromatic carbocycles. The molecule has 31 heavy (non-hydrogen) atoms. The van der Waals surface area contributed by atoms with Crippen molar-refractivity contribution in [2.24, 2.45) is 0 Å². The van der Waals surface area contributed by atoms with Gasteiger partial charge in [0.05, 0.1) is 13.2 Å². The summed E-state index contributed by atoms with van der Waals surface area (Å²) >= 11 is 0. The molecule has 0 saturated heterocycles. The highest BCUT2D eigenvalue weighted by Gasteiger charge is 2.05. The molecule has 0 unspecified atom stereocenters. The zero-order valence-corrected chi connectivity index (χ0v) is 17.6. The molecular formula is C25H27N3O3. The molecule has 0 fully saturated rings. The van der Waals surface area contributed by atoms with Gasteiger partial charge in [0.1, 0.15) is 5.75 Å². The van der Waals surface area contributed by atoms with Crippen LogP contribution in [0.2, 0.25) is 0 Å². The fourth-order valence-electron chi connectivity index (χ4n) is 2.99. The van der Waals surface area contributed by atoms with Gasteiger partial charge in [-0.1, -0.05) is 30.3 Å². The Hall–Kier alpha value is -3.80. The van der Waals surface area contributed by atoms with Crippen molar-refractivity contribution in [3.8, 4) is 5.75 Å². The van der Waals surface area contributed by atoms with Gasteiger partial charge in [-0.3, -0.25) is 9.59 Å². The zero-order chi connectivity index (χ0) is 21.9. The van der Waals surface area contributed by atoms with Crippen molar-refractivity contribution in [3.63, 3.8) is 0 Å². The van der Waals surface area contributed by atoms with E-state index >= 15 is 0 Å². The molecule has 2 amide bonds. The number of carbonyl (C=O) groups excluding carboxylic acids is 2. The number of carbonyl (C=O) groups is 2. The minimum Gasteiger partial charge on any atom is -0.494 e. The van der Waals surface area contributed by atoms with Crippen LogP contribution in [0.5, 0.6) is 5.75 Å². The van der Waals surface area contributed by atoms with Gasteiger partial charge in [-0.25, -0.2) is 0 Å². The summed E-state index contributed by atoms with van der Waals surface area (Å²) in [5, 5.41) is 8.79. The Balaban J connectivity index is 1.41. The van der Waals surface area contributed by atoms with Crippen molar-refractivity contribution >= 4 is 28.9 Å². The number of rotatable bonds is 10. The van der Waals surface area contributed by atoms with E-state index in [1.165, 1.54) is 0 Å². The number of amides is 2. The fraction of sp³-hybridized carbons (Fsp3) is 0.200. The van der Waals surface area contributed by atoms with Crippen LogP contribution in [0.4, 0.5) is 17.1 Å². The highest BCUT2D eigenvalue weighted by molar-refractivity contribution is 5.94. The molecular weight excluding hydrogens is 390 g/mol. The number of hydrogen-bond donors (Lipinski definition) is 3. The summed E-state index contributed by atoms with van der Waals surface area (Å²) in [6.45, 7) is 2.69. The predicted octanol–water partition coefficient (Wildman–Crippen LogP) is 4.71. The van der Waals surface area contributed by atoms with Gasteiger partial charge in [0.25, 0.3) is 0 Å². The summed E-state index contributed by atoms with van der Waals surface area (Å²) in [5.74, 6) is 0.596. The second-order valence-electron chi connectivity index (χ2n) is 6.97. The molecule has 0 aromatic heterocycles. The number of benzene rings is 3. The van der Waals surface area contributed by atoms with Crippen LogP contribution in [0.3, 0.4) is 0 Å². The molecule has 0 heterocycles.